The zero-order valence-corrected chi connectivity index (χ0v) is 27.5. The van der Waals surface area contributed by atoms with Gasteiger partial charge in [-0.1, -0.05) is 46.1 Å². The second-order valence-corrected chi connectivity index (χ2v) is 10.6. The van der Waals surface area contributed by atoms with Crippen molar-refractivity contribution in [3.05, 3.63) is 88.6 Å². The topological polar surface area (TPSA) is 226 Å². The minimum atomic E-state index is -2.13. The number of ether oxygens (including phenoxy) is 9. The Bertz CT molecular complexity index is 1390. The van der Waals surface area contributed by atoms with Crippen LogP contribution < -0.4 is 0 Å². The van der Waals surface area contributed by atoms with Crippen LogP contribution in [0.4, 0.5) is 0 Å². The summed E-state index contributed by atoms with van der Waals surface area (Å²) < 4.78 is 50.1. The number of aliphatic hydroxyl groups is 2. The van der Waals surface area contributed by atoms with Crippen LogP contribution in [0.2, 0.25) is 0 Å². The molecule has 0 spiro atoms. The lowest BCUT2D eigenvalue weighted by Gasteiger charge is -2.46. The Morgan fingerprint density at radius 1 is 0.627 bits per heavy atom. The van der Waals surface area contributed by atoms with Gasteiger partial charge >= 0.3 is 35.8 Å². The van der Waals surface area contributed by atoms with Crippen LogP contribution in [-0.2, 0) is 71.4 Å². The molecule has 10 unspecified atom stereocenters. The average molecular weight is 721 g/mol. The summed E-state index contributed by atoms with van der Waals surface area (Å²) >= 11 is 0. The Morgan fingerprint density at radius 2 is 1.10 bits per heavy atom. The van der Waals surface area contributed by atoms with Crippen LogP contribution in [0, 0.1) is 0 Å². The van der Waals surface area contributed by atoms with Gasteiger partial charge in [-0.05, 0) is 6.08 Å². The van der Waals surface area contributed by atoms with Crippen molar-refractivity contribution in [1.29, 1.82) is 0 Å². The maximum absolute atomic E-state index is 12.7. The molecule has 0 amide bonds. The Balaban J connectivity index is 2.81. The van der Waals surface area contributed by atoms with Gasteiger partial charge in [-0.2, -0.15) is 0 Å². The molecule has 2 rings (SSSR count). The van der Waals surface area contributed by atoms with Gasteiger partial charge < -0.3 is 52.8 Å². The molecule has 0 aliphatic carbocycles. The van der Waals surface area contributed by atoms with Crippen LogP contribution in [0.15, 0.2) is 88.6 Å². The SMILES string of the molecule is C=CC(=O)OCC1OC(CC2(COC(=O)C=C)OC(COC(=O)C=C)C(OC(=O)C=C)C2OC(=O)C=C)C(OC(O)C=C)C(O)C1OC(=O)C=C. The highest BCUT2D eigenvalue weighted by Crippen LogP contribution is 2.43. The van der Waals surface area contributed by atoms with Gasteiger partial charge in [-0.3, -0.25) is 0 Å². The lowest BCUT2D eigenvalue weighted by Crippen LogP contribution is -2.64. The second-order valence-electron chi connectivity index (χ2n) is 10.6. The monoisotopic (exact) mass is 720 g/mol. The first kappa shape index (κ1) is 42.0. The highest BCUT2D eigenvalue weighted by atomic mass is 16.7. The molecule has 278 valence electrons. The number of aliphatic hydroxyl groups excluding tert-OH is 2. The number of hydrogen-bond donors (Lipinski definition) is 2. The molecule has 2 heterocycles. The Hall–Kier alpha value is -5.20. The maximum Gasteiger partial charge on any atom is 0.330 e. The summed E-state index contributed by atoms with van der Waals surface area (Å²) in [5.74, 6) is -5.93. The fraction of sp³-hybridized carbons (Fsp3) is 0.412. The van der Waals surface area contributed by atoms with Crippen molar-refractivity contribution in [2.24, 2.45) is 0 Å². The zero-order valence-electron chi connectivity index (χ0n) is 27.5. The van der Waals surface area contributed by atoms with Crippen LogP contribution in [0.1, 0.15) is 6.42 Å². The van der Waals surface area contributed by atoms with E-state index in [2.05, 4.69) is 46.1 Å². The Labute approximate surface area is 293 Å². The molecule has 2 aliphatic rings. The van der Waals surface area contributed by atoms with E-state index < -0.39 is 123 Å². The van der Waals surface area contributed by atoms with E-state index in [0.29, 0.717) is 0 Å². The minimum Gasteiger partial charge on any atom is -0.460 e. The minimum absolute atomic E-state index is 0.625. The number of esters is 6. The van der Waals surface area contributed by atoms with Gasteiger partial charge in [-0.25, -0.2) is 28.8 Å². The van der Waals surface area contributed by atoms with Crippen molar-refractivity contribution in [3.8, 4) is 0 Å². The van der Waals surface area contributed by atoms with Gasteiger partial charge in [0.2, 0.25) is 0 Å². The summed E-state index contributed by atoms with van der Waals surface area (Å²) in [4.78, 5) is 73.9. The first-order valence-electron chi connectivity index (χ1n) is 15.1. The largest absolute Gasteiger partial charge is 0.460 e. The van der Waals surface area contributed by atoms with Gasteiger partial charge in [0, 0.05) is 42.9 Å². The lowest BCUT2D eigenvalue weighted by atomic mass is 9.83. The van der Waals surface area contributed by atoms with Gasteiger partial charge in [0.15, 0.2) is 24.6 Å². The predicted molar refractivity (Wildman–Crippen MR) is 172 cm³/mol. The van der Waals surface area contributed by atoms with E-state index in [1.54, 1.807) is 0 Å². The van der Waals surface area contributed by atoms with Gasteiger partial charge in [0.05, 0.1) is 6.10 Å². The highest BCUT2D eigenvalue weighted by molar-refractivity contribution is 5.83. The number of carbonyl (C=O) groups excluding carboxylic acids is 6. The summed E-state index contributed by atoms with van der Waals surface area (Å²) in [7, 11) is 0. The smallest absolute Gasteiger partial charge is 0.330 e. The number of carbonyl (C=O) groups is 6. The van der Waals surface area contributed by atoms with Crippen LogP contribution >= 0.6 is 0 Å². The van der Waals surface area contributed by atoms with Crippen LogP contribution in [0.5, 0.6) is 0 Å². The molecule has 17 nitrogen and oxygen atoms in total. The summed E-state index contributed by atoms with van der Waals surface area (Å²) in [5.41, 5.74) is -2.13. The van der Waals surface area contributed by atoms with Gasteiger partial charge in [0.25, 0.3) is 0 Å². The Kier molecular flexibility index (Phi) is 16.3. The Morgan fingerprint density at radius 3 is 1.61 bits per heavy atom. The molecule has 0 saturated carbocycles. The molecule has 2 fully saturated rings. The van der Waals surface area contributed by atoms with Crippen molar-refractivity contribution in [2.75, 3.05) is 19.8 Å². The van der Waals surface area contributed by atoms with Crippen molar-refractivity contribution in [2.45, 2.75) is 67.1 Å². The highest BCUT2D eigenvalue weighted by Gasteiger charge is 2.63. The molecular weight excluding hydrogens is 680 g/mol. The van der Waals surface area contributed by atoms with Crippen molar-refractivity contribution < 1.29 is 81.6 Å². The molecule has 0 aromatic heterocycles. The molecule has 2 saturated heterocycles. The summed E-state index contributed by atoms with van der Waals surface area (Å²) in [5, 5.41) is 22.0. The number of rotatable bonds is 20. The van der Waals surface area contributed by atoms with Gasteiger partial charge in [0.1, 0.15) is 49.8 Å². The van der Waals surface area contributed by atoms with Crippen LogP contribution in [0.25, 0.3) is 0 Å². The van der Waals surface area contributed by atoms with E-state index in [-0.39, 0.29) is 0 Å². The lowest BCUT2D eigenvalue weighted by molar-refractivity contribution is -0.281. The molecule has 0 bridgehead atoms. The average Bonchev–Trinajstić information content (AvgIpc) is 3.40. The summed E-state index contributed by atoms with van der Waals surface area (Å²) in [6, 6.07) is 0. The fourth-order valence-corrected chi connectivity index (χ4v) is 5.12. The predicted octanol–water partition coefficient (Wildman–Crippen LogP) is 0.0130. The third kappa shape index (κ3) is 11.4. The molecule has 51 heavy (non-hydrogen) atoms. The van der Waals surface area contributed by atoms with Crippen LogP contribution in [0.3, 0.4) is 0 Å². The normalized spacial score (nSPS) is 28.7. The fourth-order valence-electron chi connectivity index (χ4n) is 5.12. The first-order chi connectivity index (χ1) is 24.2. The molecule has 0 aromatic rings. The first-order valence-corrected chi connectivity index (χ1v) is 15.1. The van der Waals surface area contributed by atoms with Crippen molar-refractivity contribution >= 4 is 35.8 Å². The van der Waals surface area contributed by atoms with Crippen molar-refractivity contribution in [3.63, 3.8) is 0 Å². The van der Waals surface area contributed by atoms with E-state index in [9.17, 15) is 39.0 Å². The molecule has 10 atom stereocenters. The third-order valence-corrected chi connectivity index (χ3v) is 7.36. The second kappa shape index (κ2) is 19.9. The van der Waals surface area contributed by atoms with E-state index in [0.717, 1.165) is 42.5 Å². The molecule has 2 N–H and O–H groups in total. The van der Waals surface area contributed by atoms with E-state index in [1.165, 1.54) is 0 Å². The molecule has 0 aromatic carbocycles. The molecule has 0 radical (unpaired) electrons. The molecular formula is C34H40O17. The maximum atomic E-state index is 12.7. The summed E-state index contributed by atoms with van der Waals surface area (Å²) in [6.07, 6.45) is -9.50. The quantitative estimate of drug-likeness (QED) is 0.0555. The zero-order chi connectivity index (χ0) is 38.3. The standard InChI is InChI=1S/C34H40O17/c1-8-22(35)43-16-20-31(48-26(39)12-5)29(42)30(47-25(38)11-4)19(46-20)15-34(18-45-24(37)10-3)33(50-28(41)14-7)32(49-27(40)13-6)21(51-34)17-44-23(36)9-2/h8-14,19-21,25,29-33,38,42H,1-7,15-18H2. The molecule has 2 aliphatic heterocycles. The molecule has 17 heteroatoms. The van der Waals surface area contributed by atoms with Crippen molar-refractivity contribution in [1.82, 2.24) is 0 Å². The van der Waals surface area contributed by atoms with Gasteiger partial charge in [-0.15, -0.1) is 0 Å². The number of hydrogen-bond acceptors (Lipinski definition) is 17. The summed E-state index contributed by atoms with van der Waals surface area (Å²) in [6.45, 7) is 21.3. The third-order valence-electron chi connectivity index (χ3n) is 7.36. The van der Waals surface area contributed by atoms with E-state index in [4.69, 9.17) is 42.6 Å². The van der Waals surface area contributed by atoms with E-state index in [1.807, 2.05) is 0 Å². The van der Waals surface area contributed by atoms with Crippen LogP contribution in [-0.4, -0.2) is 127 Å². The van der Waals surface area contributed by atoms with E-state index >= 15 is 0 Å².